The third-order valence-corrected chi connectivity index (χ3v) is 6.09. The van der Waals surface area contributed by atoms with Crippen LogP contribution in [0.1, 0.15) is 32.3 Å². The molecule has 21 heavy (non-hydrogen) atoms. The number of rotatable bonds is 3. The molecule has 1 aromatic rings. The van der Waals surface area contributed by atoms with E-state index in [1.54, 1.807) is 0 Å². The molecule has 4 fully saturated rings. The molecular weight excluding hydrogens is 261 g/mol. The molecule has 3 nitrogen and oxygen atoms in total. The third-order valence-electron chi connectivity index (χ3n) is 6.09. The Morgan fingerprint density at radius 2 is 2.00 bits per heavy atom. The predicted octanol–water partition coefficient (Wildman–Crippen LogP) is 2.43. The summed E-state index contributed by atoms with van der Waals surface area (Å²) < 4.78 is 12.4. The molecule has 3 aliphatic carbocycles. The summed E-state index contributed by atoms with van der Waals surface area (Å²) in [5.41, 5.74) is 8.01. The molecular formula is C17H24BNO2. The Bertz CT molecular complexity index is 521. The third kappa shape index (κ3) is 2.16. The zero-order valence-corrected chi connectivity index (χ0v) is 12.9. The van der Waals surface area contributed by atoms with E-state index in [1.807, 2.05) is 6.07 Å². The molecule has 1 aromatic carbocycles. The Hall–Kier alpha value is -0.835. The molecule has 5 atom stereocenters. The Kier molecular flexibility index (Phi) is 3.18. The highest BCUT2D eigenvalue weighted by Gasteiger charge is 2.62. The normalized spacial score (nSPS) is 37.8. The summed E-state index contributed by atoms with van der Waals surface area (Å²) in [7, 11) is -0.240. The van der Waals surface area contributed by atoms with Crippen molar-refractivity contribution in [3.63, 3.8) is 0 Å². The van der Waals surface area contributed by atoms with Gasteiger partial charge in [0.25, 0.3) is 0 Å². The first-order chi connectivity index (χ1) is 10.1. The minimum atomic E-state index is -0.240. The van der Waals surface area contributed by atoms with Crippen molar-refractivity contribution in [3.05, 3.63) is 35.9 Å². The number of hydrogen-bond acceptors (Lipinski definition) is 3. The van der Waals surface area contributed by atoms with Crippen LogP contribution in [0.25, 0.3) is 0 Å². The molecule has 4 heteroatoms. The lowest BCUT2D eigenvalue weighted by atomic mass is 9.47. The molecule has 2 bridgehead atoms. The van der Waals surface area contributed by atoms with Crippen LogP contribution in [0.15, 0.2) is 30.3 Å². The fraction of sp³-hybridized carbons (Fsp3) is 0.647. The van der Waals surface area contributed by atoms with Gasteiger partial charge in [-0.05, 0) is 42.1 Å². The van der Waals surface area contributed by atoms with Gasteiger partial charge in [0.05, 0.1) is 12.2 Å². The van der Waals surface area contributed by atoms with Gasteiger partial charge in [-0.15, -0.1) is 0 Å². The maximum Gasteiger partial charge on any atom is 0.475 e. The summed E-state index contributed by atoms with van der Waals surface area (Å²) >= 11 is 0. The van der Waals surface area contributed by atoms with Gasteiger partial charge >= 0.3 is 7.12 Å². The summed E-state index contributed by atoms with van der Waals surface area (Å²) in [5.74, 6) is 1.37. The van der Waals surface area contributed by atoms with Crippen LogP contribution < -0.4 is 5.73 Å². The van der Waals surface area contributed by atoms with E-state index in [0.29, 0.717) is 11.3 Å². The quantitative estimate of drug-likeness (QED) is 0.867. The van der Waals surface area contributed by atoms with Gasteiger partial charge in [-0.3, -0.25) is 0 Å². The van der Waals surface area contributed by atoms with E-state index in [9.17, 15) is 0 Å². The second kappa shape index (κ2) is 4.84. The second-order valence-corrected chi connectivity index (χ2v) is 7.59. The highest BCUT2D eigenvalue weighted by atomic mass is 16.7. The van der Waals surface area contributed by atoms with Crippen LogP contribution in [-0.2, 0) is 15.7 Å². The minimum Gasteiger partial charge on any atom is -0.405 e. The first-order valence-electron chi connectivity index (χ1n) is 8.16. The van der Waals surface area contributed by atoms with Crippen molar-refractivity contribution >= 4 is 7.12 Å². The largest absolute Gasteiger partial charge is 0.475 e. The first kappa shape index (κ1) is 13.8. The zero-order chi connectivity index (χ0) is 14.6. The van der Waals surface area contributed by atoms with E-state index in [-0.39, 0.29) is 25.3 Å². The van der Waals surface area contributed by atoms with Crippen molar-refractivity contribution in [3.8, 4) is 0 Å². The van der Waals surface area contributed by atoms with Crippen molar-refractivity contribution in [2.24, 2.45) is 23.0 Å². The molecule has 0 aromatic heterocycles. The number of hydrogen-bond donors (Lipinski definition) is 1. The molecule has 3 saturated carbocycles. The minimum absolute atomic E-state index is 0.0849. The van der Waals surface area contributed by atoms with E-state index in [0.717, 1.165) is 18.8 Å². The first-order valence-corrected chi connectivity index (χ1v) is 8.16. The van der Waals surface area contributed by atoms with Crippen LogP contribution in [0.2, 0.25) is 0 Å². The van der Waals surface area contributed by atoms with E-state index in [1.165, 1.54) is 12.0 Å². The Labute approximate surface area is 127 Å². The van der Waals surface area contributed by atoms with Crippen LogP contribution in [0.4, 0.5) is 0 Å². The van der Waals surface area contributed by atoms with E-state index in [2.05, 4.69) is 38.1 Å². The average molecular weight is 285 g/mol. The van der Waals surface area contributed by atoms with Gasteiger partial charge in [0.2, 0.25) is 0 Å². The molecule has 2 N–H and O–H groups in total. The molecule has 112 valence electrons. The van der Waals surface area contributed by atoms with Gasteiger partial charge in [0.15, 0.2) is 0 Å². The average Bonchev–Trinajstić information content (AvgIpc) is 2.92. The summed E-state index contributed by atoms with van der Waals surface area (Å²) in [6.45, 7) is 4.76. The highest BCUT2D eigenvalue weighted by molar-refractivity contribution is 6.47. The second-order valence-electron chi connectivity index (χ2n) is 7.59. The van der Waals surface area contributed by atoms with Crippen molar-refractivity contribution in [1.29, 1.82) is 0 Å². The Morgan fingerprint density at radius 3 is 2.71 bits per heavy atom. The van der Waals surface area contributed by atoms with Gasteiger partial charge in [0, 0.05) is 5.94 Å². The van der Waals surface area contributed by atoms with Crippen LogP contribution in [0, 0.1) is 17.3 Å². The lowest BCUT2D eigenvalue weighted by molar-refractivity contribution is -0.150. The van der Waals surface area contributed by atoms with Gasteiger partial charge < -0.3 is 15.0 Å². The molecule has 0 spiro atoms. The molecule has 1 saturated heterocycles. The maximum absolute atomic E-state index is 6.34. The van der Waals surface area contributed by atoms with Gasteiger partial charge in [-0.25, -0.2) is 0 Å². The fourth-order valence-electron chi connectivity index (χ4n) is 4.55. The zero-order valence-electron chi connectivity index (χ0n) is 12.9. The highest BCUT2D eigenvalue weighted by Crippen LogP contribution is 2.61. The Balaban J connectivity index is 1.42. The van der Waals surface area contributed by atoms with Crippen molar-refractivity contribution < 1.29 is 9.31 Å². The van der Waals surface area contributed by atoms with Gasteiger partial charge in [0.1, 0.15) is 0 Å². The molecule has 4 aliphatic rings. The predicted molar refractivity (Wildman–Crippen MR) is 83.6 cm³/mol. The summed E-state index contributed by atoms with van der Waals surface area (Å²) in [4.78, 5) is 0. The lowest BCUT2D eigenvalue weighted by Gasteiger charge is -2.60. The van der Waals surface area contributed by atoms with E-state index in [4.69, 9.17) is 15.0 Å². The number of nitrogens with two attached hydrogens (primary N) is 1. The summed E-state index contributed by atoms with van der Waals surface area (Å²) in [6.07, 6.45) is 3.79. The van der Waals surface area contributed by atoms with Crippen LogP contribution in [-0.4, -0.2) is 25.3 Å². The van der Waals surface area contributed by atoms with Crippen molar-refractivity contribution in [2.75, 3.05) is 0 Å². The molecule has 5 rings (SSSR count). The number of benzene rings is 1. The molecule has 0 radical (unpaired) electrons. The van der Waals surface area contributed by atoms with Crippen LogP contribution in [0.5, 0.6) is 0 Å². The lowest BCUT2D eigenvalue weighted by Crippen LogP contribution is -2.59. The topological polar surface area (TPSA) is 44.5 Å². The standard InChI is InChI=1S/C17H24BNO2/c1-17(2)12-9-13(17)16-14(10-12)20-18(21-16)15(19)8-11-6-4-3-5-7-11/h3-7,12-16H,8-10,19H2,1-2H3. The molecule has 1 heterocycles. The van der Waals surface area contributed by atoms with Crippen LogP contribution in [0.3, 0.4) is 0 Å². The fourth-order valence-corrected chi connectivity index (χ4v) is 4.55. The van der Waals surface area contributed by atoms with Crippen LogP contribution >= 0.6 is 0 Å². The van der Waals surface area contributed by atoms with Crippen molar-refractivity contribution in [2.45, 2.75) is 51.3 Å². The van der Waals surface area contributed by atoms with E-state index < -0.39 is 0 Å². The molecule has 0 amide bonds. The van der Waals surface area contributed by atoms with Gasteiger partial charge in [-0.1, -0.05) is 44.2 Å². The summed E-state index contributed by atoms with van der Waals surface area (Å²) in [5, 5.41) is 0. The smallest absolute Gasteiger partial charge is 0.405 e. The monoisotopic (exact) mass is 285 g/mol. The summed E-state index contributed by atoms with van der Waals surface area (Å²) in [6, 6.07) is 10.4. The van der Waals surface area contributed by atoms with E-state index >= 15 is 0 Å². The molecule has 5 unspecified atom stereocenters. The van der Waals surface area contributed by atoms with Gasteiger partial charge in [-0.2, -0.15) is 0 Å². The maximum atomic E-state index is 6.34. The SMILES string of the molecule is CC1(C)C2CC3OB(C(N)Cc4ccccc4)OC3C1C2. The Morgan fingerprint density at radius 1 is 1.24 bits per heavy atom. The molecule has 1 aliphatic heterocycles. The van der Waals surface area contributed by atoms with Crippen molar-refractivity contribution in [1.82, 2.24) is 0 Å².